The molecule has 0 aliphatic carbocycles. The Labute approximate surface area is 117 Å². The second-order valence-electron chi connectivity index (χ2n) is 5.13. The van der Waals surface area contributed by atoms with Crippen molar-refractivity contribution in [3.8, 4) is 11.1 Å². The van der Waals surface area contributed by atoms with E-state index in [0.29, 0.717) is 0 Å². The van der Waals surface area contributed by atoms with E-state index in [1.807, 2.05) is 12.3 Å². The van der Waals surface area contributed by atoms with E-state index in [9.17, 15) is 0 Å². The first-order valence-electron chi connectivity index (χ1n) is 6.75. The van der Waals surface area contributed by atoms with Gasteiger partial charge in [0.1, 0.15) is 5.65 Å². The van der Waals surface area contributed by atoms with Gasteiger partial charge in [-0.25, -0.2) is 4.98 Å². The van der Waals surface area contributed by atoms with Crippen LogP contribution >= 0.6 is 0 Å². The van der Waals surface area contributed by atoms with Gasteiger partial charge in [-0.3, -0.25) is 0 Å². The SMILES string of the molecule is Cc1cnc2[nH]c3c(-c4ccccc4)cccc3c2c1. The van der Waals surface area contributed by atoms with E-state index < -0.39 is 0 Å². The van der Waals surface area contributed by atoms with Crippen LogP contribution in [-0.2, 0) is 0 Å². The molecule has 0 bridgehead atoms. The van der Waals surface area contributed by atoms with Crippen molar-refractivity contribution in [2.45, 2.75) is 6.92 Å². The fourth-order valence-electron chi connectivity index (χ4n) is 2.76. The molecule has 4 aromatic rings. The lowest BCUT2D eigenvalue weighted by Gasteiger charge is -2.03. The minimum Gasteiger partial charge on any atom is -0.339 e. The summed E-state index contributed by atoms with van der Waals surface area (Å²) < 4.78 is 0. The third-order valence-electron chi connectivity index (χ3n) is 3.71. The maximum atomic E-state index is 4.50. The summed E-state index contributed by atoms with van der Waals surface area (Å²) in [5.41, 5.74) is 5.74. The Balaban J connectivity index is 2.11. The van der Waals surface area contributed by atoms with Crippen LogP contribution in [0.25, 0.3) is 33.1 Å². The van der Waals surface area contributed by atoms with Crippen molar-refractivity contribution >= 4 is 21.9 Å². The van der Waals surface area contributed by atoms with Crippen LogP contribution in [0.3, 0.4) is 0 Å². The highest BCUT2D eigenvalue weighted by molar-refractivity contribution is 6.10. The molecule has 0 fully saturated rings. The minimum atomic E-state index is 0.953. The number of nitrogens with one attached hydrogen (secondary N) is 1. The predicted molar refractivity (Wildman–Crippen MR) is 83.8 cm³/mol. The molecule has 4 rings (SSSR count). The lowest BCUT2D eigenvalue weighted by atomic mass is 10.0. The van der Waals surface area contributed by atoms with Crippen LogP contribution in [0.1, 0.15) is 5.56 Å². The molecule has 20 heavy (non-hydrogen) atoms. The number of fused-ring (bicyclic) bond motifs is 3. The summed E-state index contributed by atoms with van der Waals surface area (Å²) in [6.07, 6.45) is 1.90. The quantitative estimate of drug-likeness (QED) is 0.527. The second kappa shape index (κ2) is 4.20. The van der Waals surface area contributed by atoms with Crippen LogP contribution in [0.4, 0.5) is 0 Å². The van der Waals surface area contributed by atoms with E-state index in [4.69, 9.17) is 0 Å². The summed E-state index contributed by atoms with van der Waals surface area (Å²) in [5.74, 6) is 0. The summed E-state index contributed by atoms with van der Waals surface area (Å²) in [6.45, 7) is 2.08. The van der Waals surface area contributed by atoms with Crippen molar-refractivity contribution in [3.05, 3.63) is 66.4 Å². The Kier molecular flexibility index (Phi) is 2.36. The molecule has 2 heterocycles. The molecule has 2 aromatic carbocycles. The van der Waals surface area contributed by atoms with Gasteiger partial charge in [0.15, 0.2) is 0 Å². The fourth-order valence-corrected chi connectivity index (χ4v) is 2.76. The third-order valence-corrected chi connectivity index (χ3v) is 3.71. The molecule has 2 heteroatoms. The largest absolute Gasteiger partial charge is 0.339 e. The highest BCUT2D eigenvalue weighted by Crippen LogP contribution is 2.32. The first kappa shape index (κ1) is 11.2. The zero-order chi connectivity index (χ0) is 13.5. The van der Waals surface area contributed by atoms with Crippen LogP contribution in [-0.4, -0.2) is 9.97 Å². The number of H-pyrrole nitrogens is 1. The molecule has 96 valence electrons. The van der Waals surface area contributed by atoms with Crippen molar-refractivity contribution < 1.29 is 0 Å². The van der Waals surface area contributed by atoms with Crippen molar-refractivity contribution in [3.63, 3.8) is 0 Å². The van der Waals surface area contributed by atoms with Gasteiger partial charge in [0, 0.05) is 22.5 Å². The van der Waals surface area contributed by atoms with E-state index in [0.717, 1.165) is 11.2 Å². The van der Waals surface area contributed by atoms with Gasteiger partial charge >= 0.3 is 0 Å². The Morgan fingerprint density at radius 1 is 0.900 bits per heavy atom. The highest BCUT2D eigenvalue weighted by Gasteiger charge is 2.09. The van der Waals surface area contributed by atoms with Gasteiger partial charge in [0.25, 0.3) is 0 Å². The normalized spacial score (nSPS) is 11.2. The van der Waals surface area contributed by atoms with E-state index >= 15 is 0 Å². The first-order valence-corrected chi connectivity index (χ1v) is 6.75. The number of nitrogens with zero attached hydrogens (tertiary/aromatic N) is 1. The van der Waals surface area contributed by atoms with Gasteiger partial charge in [-0.2, -0.15) is 0 Å². The van der Waals surface area contributed by atoms with Crippen LogP contribution in [0.5, 0.6) is 0 Å². The minimum absolute atomic E-state index is 0.953. The Morgan fingerprint density at radius 2 is 1.75 bits per heavy atom. The number of hydrogen-bond acceptors (Lipinski definition) is 1. The molecule has 2 nitrogen and oxygen atoms in total. The van der Waals surface area contributed by atoms with E-state index in [1.54, 1.807) is 0 Å². The van der Waals surface area contributed by atoms with E-state index in [1.165, 1.54) is 27.5 Å². The molecule has 0 aliphatic heterocycles. The lowest BCUT2D eigenvalue weighted by Crippen LogP contribution is -1.79. The maximum absolute atomic E-state index is 4.50. The summed E-state index contributed by atoms with van der Waals surface area (Å²) in [4.78, 5) is 7.96. The number of aromatic nitrogens is 2. The maximum Gasteiger partial charge on any atom is 0.138 e. The van der Waals surface area contributed by atoms with E-state index in [-0.39, 0.29) is 0 Å². The molecule has 1 N–H and O–H groups in total. The number of hydrogen-bond donors (Lipinski definition) is 1. The monoisotopic (exact) mass is 258 g/mol. The molecule has 0 unspecified atom stereocenters. The Morgan fingerprint density at radius 3 is 2.60 bits per heavy atom. The summed E-state index contributed by atoms with van der Waals surface area (Å²) >= 11 is 0. The smallest absolute Gasteiger partial charge is 0.138 e. The molecule has 0 atom stereocenters. The van der Waals surface area contributed by atoms with Crippen molar-refractivity contribution in [2.24, 2.45) is 0 Å². The second-order valence-corrected chi connectivity index (χ2v) is 5.13. The fraction of sp³-hybridized carbons (Fsp3) is 0.0556. The van der Waals surface area contributed by atoms with Gasteiger partial charge < -0.3 is 4.98 Å². The Hall–Kier alpha value is -2.61. The van der Waals surface area contributed by atoms with Gasteiger partial charge in [0.05, 0.1) is 5.52 Å². The van der Waals surface area contributed by atoms with E-state index in [2.05, 4.69) is 65.4 Å². The van der Waals surface area contributed by atoms with Crippen LogP contribution in [0.15, 0.2) is 60.8 Å². The van der Waals surface area contributed by atoms with Crippen molar-refractivity contribution in [1.82, 2.24) is 9.97 Å². The highest BCUT2D eigenvalue weighted by atomic mass is 14.8. The number of benzene rings is 2. The van der Waals surface area contributed by atoms with Crippen molar-refractivity contribution in [2.75, 3.05) is 0 Å². The van der Waals surface area contributed by atoms with Crippen LogP contribution in [0, 0.1) is 6.92 Å². The van der Waals surface area contributed by atoms with Gasteiger partial charge in [-0.15, -0.1) is 0 Å². The predicted octanol–water partition coefficient (Wildman–Crippen LogP) is 4.69. The topological polar surface area (TPSA) is 28.7 Å². The zero-order valence-electron chi connectivity index (χ0n) is 11.2. The van der Waals surface area contributed by atoms with Crippen molar-refractivity contribution in [1.29, 1.82) is 0 Å². The number of pyridine rings is 1. The average molecular weight is 258 g/mol. The molecular weight excluding hydrogens is 244 g/mol. The molecular formula is C18H14N2. The first-order chi connectivity index (χ1) is 9.83. The summed E-state index contributed by atoms with van der Waals surface area (Å²) in [7, 11) is 0. The van der Waals surface area contributed by atoms with Crippen LogP contribution < -0.4 is 0 Å². The number of rotatable bonds is 1. The molecule has 0 saturated carbocycles. The summed E-state index contributed by atoms with van der Waals surface area (Å²) in [6, 6.07) is 19.1. The van der Waals surface area contributed by atoms with Gasteiger partial charge in [-0.05, 0) is 24.1 Å². The molecule has 0 aliphatic rings. The Bertz CT molecular complexity index is 905. The molecule has 0 amide bonds. The number of para-hydroxylation sites is 1. The standard InChI is InChI=1S/C18H14N2/c1-12-10-16-15-9-5-8-14(13-6-3-2-4-7-13)17(15)20-18(16)19-11-12/h2-11H,1H3,(H,19,20). The number of aryl methyl sites for hydroxylation is 1. The van der Waals surface area contributed by atoms with Gasteiger partial charge in [0.2, 0.25) is 0 Å². The van der Waals surface area contributed by atoms with Crippen LogP contribution in [0.2, 0.25) is 0 Å². The third kappa shape index (κ3) is 1.62. The lowest BCUT2D eigenvalue weighted by molar-refractivity contribution is 1.30. The summed E-state index contributed by atoms with van der Waals surface area (Å²) in [5, 5.41) is 2.43. The molecule has 0 spiro atoms. The molecule has 2 aromatic heterocycles. The molecule has 0 saturated heterocycles. The molecule has 0 radical (unpaired) electrons. The zero-order valence-corrected chi connectivity index (χ0v) is 11.2. The average Bonchev–Trinajstić information content (AvgIpc) is 2.86. The number of aromatic amines is 1. The van der Waals surface area contributed by atoms with Gasteiger partial charge in [-0.1, -0.05) is 48.5 Å².